The second-order valence-electron chi connectivity index (χ2n) is 5.13. The Morgan fingerprint density at radius 3 is 2.32 bits per heavy atom. The fourth-order valence-electron chi connectivity index (χ4n) is 2.61. The molecule has 2 nitrogen and oxygen atoms in total. The maximum atomic E-state index is 6.55. The van der Waals surface area contributed by atoms with Crippen molar-refractivity contribution in [2.24, 2.45) is 0 Å². The fourth-order valence-corrected chi connectivity index (χ4v) is 2.87. The summed E-state index contributed by atoms with van der Waals surface area (Å²) >= 11 is 6.55. The van der Waals surface area contributed by atoms with Gasteiger partial charge in [0.15, 0.2) is 0 Å². The van der Waals surface area contributed by atoms with Gasteiger partial charge in [0.05, 0.1) is 24.3 Å². The van der Waals surface area contributed by atoms with Crippen LogP contribution in [0.5, 0.6) is 11.5 Å². The third-order valence-electron chi connectivity index (χ3n) is 3.57. The SMILES string of the molecule is C=C(C)c1c(OC)c(Cl)c(C)c(-c2ccccc2)c1OCC. The molecule has 0 bridgehead atoms. The largest absolute Gasteiger partial charge is 0.494 e. The summed E-state index contributed by atoms with van der Waals surface area (Å²) in [6.07, 6.45) is 0. The molecule has 0 aliphatic heterocycles. The fraction of sp³-hybridized carbons (Fsp3) is 0.263. The number of allylic oxidation sites excluding steroid dienone is 1. The minimum atomic E-state index is 0.560. The highest BCUT2D eigenvalue weighted by molar-refractivity contribution is 6.33. The van der Waals surface area contributed by atoms with Crippen molar-refractivity contribution < 1.29 is 9.47 Å². The average Bonchev–Trinajstić information content (AvgIpc) is 2.51. The van der Waals surface area contributed by atoms with E-state index in [1.165, 1.54) is 0 Å². The maximum Gasteiger partial charge on any atom is 0.148 e. The molecule has 0 saturated carbocycles. The lowest BCUT2D eigenvalue weighted by Gasteiger charge is -2.22. The molecule has 0 aromatic heterocycles. The van der Waals surface area contributed by atoms with Crippen LogP contribution in [0.25, 0.3) is 16.7 Å². The number of methoxy groups -OCH3 is 1. The van der Waals surface area contributed by atoms with E-state index in [0.717, 1.165) is 33.6 Å². The van der Waals surface area contributed by atoms with Gasteiger partial charge in [-0.2, -0.15) is 0 Å². The van der Waals surface area contributed by atoms with E-state index in [-0.39, 0.29) is 0 Å². The first-order valence-electron chi connectivity index (χ1n) is 7.27. The Morgan fingerprint density at radius 1 is 1.18 bits per heavy atom. The van der Waals surface area contributed by atoms with Gasteiger partial charge in [-0.25, -0.2) is 0 Å². The number of rotatable bonds is 5. The van der Waals surface area contributed by atoms with Crippen molar-refractivity contribution in [3.05, 3.63) is 53.1 Å². The molecule has 0 heterocycles. The molecule has 0 aliphatic rings. The van der Waals surface area contributed by atoms with Crippen LogP contribution >= 0.6 is 11.6 Å². The van der Waals surface area contributed by atoms with Gasteiger partial charge in [0.25, 0.3) is 0 Å². The minimum Gasteiger partial charge on any atom is -0.494 e. The monoisotopic (exact) mass is 316 g/mol. The van der Waals surface area contributed by atoms with Crippen molar-refractivity contribution in [1.82, 2.24) is 0 Å². The molecule has 2 aromatic carbocycles. The highest BCUT2D eigenvalue weighted by Crippen LogP contribution is 2.48. The van der Waals surface area contributed by atoms with Crippen LogP contribution in [0.3, 0.4) is 0 Å². The smallest absolute Gasteiger partial charge is 0.148 e. The van der Waals surface area contributed by atoms with Crippen molar-refractivity contribution in [1.29, 1.82) is 0 Å². The van der Waals surface area contributed by atoms with E-state index in [4.69, 9.17) is 21.1 Å². The topological polar surface area (TPSA) is 18.5 Å². The molecule has 2 rings (SSSR count). The lowest BCUT2D eigenvalue weighted by molar-refractivity contribution is 0.336. The molecule has 2 aromatic rings. The van der Waals surface area contributed by atoms with Crippen LogP contribution in [0.4, 0.5) is 0 Å². The average molecular weight is 317 g/mol. The zero-order valence-corrected chi connectivity index (χ0v) is 14.3. The molecule has 0 atom stereocenters. The van der Waals surface area contributed by atoms with E-state index in [0.29, 0.717) is 17.4 Å². The molecule has 3 heteroatoms. The van der Waals surface area contributed by atoms with Crippen LogP contribution in [0, 0.1) is 6.92 Å². The molecular formula is C19H21ClO2. The maximum absolute atomic E-state index is 6.55. The van der Waals surface area contributed by atoms with Crippen molar-refractivity contribution in [3.63, 3.8) is 0 Å². The van der Waals surface area contributed by atoms with Crippen LogP contribution in [0.2, 0.25) is 5.02 Å². The second kappa shape index (κ2) is 6.89. The van der Waals surface area contributed by atoms with E-state index >= 15 is 0 Å². The molecule has 116 valence electrons. The zero-order valence-electron chi connectivity index (χ0n) is 13.5. The molecule has 0 unspecified atom stereocenters. The van der Waals surface area contributed by atoms with Crippen molar-refractivity contribution in [2.75, 3.05) is 13.7 Å². The third-order valence-corrected chi connectivity index (χ3v) is 4.02. The zero-order chi connectivity index (χ0) is 16.3. The van der Waals surface area contributed by atoms with Crippen LogP contribution in [0.1, 0.15) is 25.0 Å². The highest BCUT2D eigenvalue weighted by atomic mass is 35.5. The van der Waals surface area contributed by atoms with Crippen LogP contribution in [-0.4, -0.2) is 13.7 Å². The summed E-state index contributed by atoms with van der Waals surface area (Å²) in [5.41, 5.74) is 4.69. The normalized spacial score (nSPS) is 10.4. The Hall–Kier alpha value is -1.93. The number of hydrogen-bond acceptors (Lipinski definition) is 2. The standard InChI is InChI=1S/C19H21ClO2/c1-6-22-18-15(12(2)3)19(21-5)17(20)13(4)16(18)14-10-8-7-9-11-14/h7-11H,2,6H2,1,3-5H3. The molecule has 0 aliphatic carbocycles. The van der Waals surface area contributed by atoms with E-state index in [9.17, 15) is 0 Å². The summed E-state index contributed by atoms with van der Waals surface area (Å²) in [5.74, 6) is 1.40. The van der Waals surface area contributed by atoms with Gasteiger partial charge in [0.1, 0.15) is 11.5 Å². The summed E-state index contributed by atoms with van der Waals surface area (Å²) in [6, 6.07) is 10.1. The summed E-state index contributed by atoms with van der Waals surface area (Å²) in [4.78, 5) is 0. The van der Waals surface area contributed by atoms with E-state index in [1.807, 2.05) is 39.0 Å². The first-order chi connectivity index (χ1) is 10.5. The van der Waals surface area contributed by atoms with Gasteiger partial charge >= 0.3 is 0 Å². The number of hydrogen-bond donors (Lipinski definition) is 0. The molecule has 22 heavy (non-hydrogen) atoms. The molecule has 0 saturated heterocycles. The number of benzene rings is 2. The molecule has 0 amide bonds. The summed E-state index contributed by atoms with van der Waals surface area (Å²) in [6.45, 7) is 10.5. The Kier molecular flexibility index (Phi) is 5.15. The molecule has 0 radical (unpaired) electrons. The van der Waals surface area contributed by atoms with E-state index in [1.54, 1.807) is 7.11 Å². The van der Waals surface area contributed by atoms with Crippen molar-refractivity contribution in [2.45, 2.75) is 20.8 Å². The van der Waals surface area contributed by atoms with Gasteiger partial charge in [-0.05, 0) is 37.5 Å². The second-order valence-corrected chi connectivity index (χ2v) is 5.51. The van der Waals surface area contributed by atoms with Gasteiger partial charge < -0.3 is 9.47 Å². The predicted molar refractivity (Wildman–Crippen MR) is 94.1 cm³/mol. The number of ether oxygens (including phenoxy) is 2. The Labute approximate surface area is 137 Å². The van der Waals surface area contributed by atoms with E-state index < -0.39 is 0 Å². The van der Waals surface area contributed by atoms with Crippen molar-refractivity contribution >= 4 is 17.2 Å². The molecular weight excluding hydrogens is 296 g/mol. The first-order valence-corrected chi connectivity index (χ1v) is 7.64. The number of halogens is 1. The molecule has 0 spiro atoms. The van der Waals surface area contributed by atoms with Crippen LogP contribution in [0.15, 0.2) is 36.9 Å². The first kappa shape index (κ1) is 16.4. The summed E-state index contributed by atoms with van der Waals surface area (Å²) in [7, 11) is 1.62. The Morgan fingerprint density at radius 2 is 1.82 bits per heavy atom. The van der Waals surface area contributed by atoms with Gasteiger partial charge in [-0.3, -0.25) is 0 Å². The van der Waals surface area contributed by atoms with Gasteiger partial charge in [0.2, 0.25) is 0 Å². The third kappa shape index (κ3) is 2.84. The predicted octanol–water partition coefficient (Wildman–Crippen LogP) is 5.76. The summed E-state index contributed by atoms with van der Waals surface area (Å²) in [5, 5.41) is 0.600. The van der Waals surface area contributed by atoms with Crippen molar-refractivity contribution in [3.8, 4) is 22.6 Å². The molecule has 0 N–H and O–H groups in total. The van der Waals surface area contributed by atoms with Crippen LogP contribution < -0.4 is 9.47 Å². The van der Waals surface area contributed by atoms with Gasteiger partial charge in [0, 0.05) is 5.56 Å². The van der Waals surface area contributed by atoms with Gasteiger partial charge in [-0.15, -0.1) is 0 Å². The quantitative estimate of drug-likeness (QED) is 0.698. The lowest BCUT2D eigenvalue weighted by atomic mass is 9.93. The highest BCUT2D eigenvalue weighted by Gasteiger charge is 2.24. The minimum absolute atomic E-state index is 0.560. The lowest BCUT2D eigenvalue weighted by Crippen LogP contribution is -2.03. The summed E-state index contributed by atoms with van der Waals surface area (Å²) < 4.78 is 11.5. The Balaban J connectivity index is 2.90. The van der Waals surface area contributed by atoms with Gasteiger partial charge in [-0.1, -0.05) is 48.5 Å². The van der Waals surface area contributed by atoms with Crippen LogP contribution in [-0.2, 0) is 0 Å². The Bertz CT molecular complexity index is 691. The van der Waals surface area contributed by atoms with E-state index in [2.05, 4.69) is 18.7 Å². The molecule has 0 fully saturated rings.